The highest BCUT2D eigenvalue weighted by molar-refractivity contribution is 5.93. The maximum atomic E-state index is 4.22. The highest BCUT2D eigenvalue weighted by Gasteiger charge is 2.25. The predicted molar refractivity (Wildman–Crippen MR) is 80.6 cm³/mol. The number of nitrogens with one attached hydrogen (secondary N) is 1. The molecule has 1 aliphatic rings. The molecule has 1 aliphatic heterocycles. The summed E-state index contributed by atoms with van der Waals surface area (Å²) in [5.74, 6) is 0. The van der Waals surface area contributed by atoms with E-state index in [0.29, 0.717) is 12.1 Å². The number of rotatable bonds is 2. The lowest BCUT2D eigenvalue weighted by Crippen LogP contribution is -2.55. The summed E-state index contributed by atoms with van der Waals surface area (Å²) < 4.78 is 0. The van der Waals surface area contributed by atoms with E-state index in [9.17, 15) is 0 Å². The lowest BCUT2D eigenvalue weighted by Gasteiger charge is -2.41. The van der Waals surface area contributed by atoms with Gasteiger partial charge in [0.1, 0.15) is 0 Å². The molecule has 2 heterocycles. The number of nitrogens with zero attached hydrogens (tertiary/aromatic N) is 2. The summed E-state index contributed by atoms with van der Waals surface area (Å²) in [6.07, 6.45) is 5.00. The Kier molecular flexibility index (Phi) is 3.38. The summed E-state index contributed by atoms with van der Waals surface area (Å²) >= 11 is 0. The number of hydrogen-bond donors (Lipinski definition) is 1. The number of pyridine rings is 1. The Morgan fingerprint density at radius 3 is 3.11 bits per heavy atom. The molecule has 0 radical (unpaired) electrons. The number of hydrogen-bond acceptors (Lipinski definition) is 3. The minimum atomic E-state index is 0.542. The van der Waals surface area contributed by atoms with Crippen LogP contribution in [-0.2, 0) is 0 Å². The number of fused-ring (bicyclic) bond motifs is 1. The smallest absolute Gasteiger partial charge is 0.0450 e. The Hall–Kier alpha value is -1.61. The van der Waals surface area contributed by atoms with E-state index in [1.807, 2.05) is 12.4 Å². The maximum Gasteiger partial charge on any atom is 0.0450 e. The molecule has 0 bridgehead atoms. The first-order chi connectivity index (χ1) is 9.29. The van der Waals surface area contributed by atoms with Crippen LogP contribution in [0.3, 0.4) is 0 Å². The van der Waals surface area contributed by atoms with Gasteiger partial charge >= 0.3 is 0 Å². The Bertz CT molecular complexity index is 561. The van der Waals surface area contributed by atoms with E-state index in [1.54, 1.807) is 0 Å². The third-order valence-corrected chi connectivity index (χ3v) is 4.05. The Morgan fingerprint density at radius 2 is 2.26 bits per heavy atom. The number of aromatic nitrogens is 1. The summed E-state index contributed by atoms with van der Waals surface area (Å²) in [6.45, 7) is 6.66. The fourth-order valence-electron chi connectivity index (χ4n) is 2.97. The number of benzene rings is 1. The normalized spacial score (nSPS) is 23.8. The van der Waals surface area contributed by atoms with E-state index < -0.39 is 0 Å². The van der Waals surface area contributed by atoms with Crippen LogP contribution in [0.15, 0.2) is 36.7 Å². The summed E-state index contributed by atoms with van der Waals surface area (Å²) in [5.41, 5.74) is 1.35. The van der Waals surface area contributed by atoms with Gasteiger partial charge in [0.25, 0.3) is 0 Å². The van der Waals surface area contributed by atoms with Crippen molar-refractivity contribution in [3.05, 3.63) is 36.7 Å². The lowest BCUT2D eigenvalue weighted by molar-refractivity contribution is 0.403. The van der Waals surface area contributed by atoms with Gasteiger partial charge in [0.15, 0.2) is 0 Å². The second-order valence-electron chi connectivity index (χ2n) is 5.40. The molecule has 0 spiro atoms. The van der Waals surface area contributed by atoms with Crippen molar-refractivity contribution < 1.29 is 0 Å². The van der Waals surface area contributed by atoms with Crippen LogP contribution in [0.5, 0.6) is 0 Å². The molecule has 2 aromatic rings. The molecule has 2 atom stereocenters. The topological polar surface area (TPSA) is 28.2 Å². The zero-order valence-corrected chi connectivity index (χ0v) is 11.6. The first-order valence-corrected chi connectivity index (χ1v) is 7.12. The fraction of sp³-hybridized carbons (Fsp3) is 0.438. The van der Waals surface area contributed by atoms with Crippen LogP contribution < -0.4 is 10.2 Å². The van der Waals surface area contributed by atoms with E-state index in [0.717, 1.165) is 13.1 Å². The summed E-state index contributed by atoms with van der Waals surface area (Å²) in [6, 6.07) is 9.76. The molecule has 0 aliphatic carbocycles. The van der Waals surface area contributed by atoms with Gasteiger partial charge in [-0.15, -0.1) is 0 Å². The quantitative estimate of drug-likeness (QED) is 0.894. The van der Waals surface area contributed by atoms with Gasteiger partial charge in [-0.2, -0.15) is 0 Å². The molecule has 3 rings (SSSR count). The highest BCUT2D eigenvalue weighted by atomic mass is 15.2. The second-order valence-corrected chi connectivity index (χ2v) is 5.40. The van der Waals surface area contributed by atoms with Gasteiger partial charge in [-0.1, -0.05) is 19.1 Å². The number of piperazine rings is 1. The Labute approximate surface area is 114 Å². The molecule has 1 aromatic heterocycles. The third-order valence-electron chi connectivity index (χ3n) is 4.05. The van der Waals surface area contributed by atoms with Gasteiger partial charge in [0.05, 0.1) is 0 Å². The molecule has 1 aromatic carbocycles. The van der Waals surface area contributed by atoms with Gasteiger partial charge in [-0.3, -0.25) is 4.98 Å². The zero-order valence-electron chi connectivity index (χ0n) is 11.6. The van der Waals surface area contributed by atoms with Gasteiger partial charge in [0.2, 0.25) is 0 Å². The minimum Gasteiger partial charge on any atom is -0.365 e. The van der Waals surface area contributed by atoms with E-state index in [-0.39, 0.29) is 0 Å². The van der Waals surface area contributed by atoms with Crippen LogP contribution in [0, 0.1) is 0 Å². The van der Waals surface area contributed by atoms with Crippen molar-refractivity contribution >= 4 is 16.5 Å². The first-order valence-electron chi connectivity index (χ1n) is 7.12. The molecular formula is C16H21N3. The monoisotopic (exact) mass is 255 g/mol. The standard InChI is InChI=1S/C16H21N3/c1-3-14-10-18-12(2)11-19(14)16-6-4-5-13-9-17-8-7-15(13)16/h4-9,12,14,18H,3,10-11H2,1-2H3. The van der Waals surface area contributed by atoms with Crippen molar-refractivity contribution in [3.8, 4) is 0 Å². The average Bonchev–Trinajstić information content (AvgIpc) is 2.46. The van der Waals surface area contributed by atoms with Crippen molar-refractivity contribution in [1.29, 1.82) is 0 Å². The lowest BCUT2D eigenvalue weighted by atomic mass is 10.0. The molecule has 3 heteroatoms. The third kappa shape index (κ3) is 2.30. The van der Waals surface area contributed by atoms with Crippen LogP contribution in [0.4, 0.5) is 5.69 Å². The molecular weight excluding hydrogens is 234 g/mol. The van der Waals surface area contributed by atoms with Crippen LogP contribution in [0.1, 0.15) is 20.3 Å². The molecule has 0 saturated carbocycles. The van der Waals surface area contributed by atoms with Crippen LogP contribution in [0.2, 0.25) is 0 Å². The molecule has 3 nitrogen and oxygen atoms in total. The summed E-state index contributed by atoms with van der Waals surface area (Å²) in [4.78, 5) is 6.78. The largest absolute Gasteiger partial charge is 0.365 e. The molecule has 1 fully saturated rings. The van der Waals surface area contributed by atoms with Crippen molar-refractivity contribution in [2.45, 2.75) is 32.4 Å². The molecule has 1 saturated heterocycles. The molecule has 100 valence electrons. The fourth-order valence-corrected chi connectivity index (χ4v) is 2.97. The van der Waals surface area contributed by atoms with E-state index in [4.69, 9.17) is 0 Å². The molecule has 1 N–H and O–H groups in total. The Balaban J connectivity index is 2.06. The van der Waals surface area contributed by atoms with Gasteiger partial charge in [0, 0.05) is 54.0 Å². The number of anilines is 1. The highest BCUT2D eigenvalue weighted by Crippen LogP contribution is 2.29. The SMILES string of the molecule is CCC1CNC(C)CN1c1cccc2cnccc12. The Morgan fingerprint density at radius 1 is 1.37 bits per heavy atom. The van der Waals surface area contributed by atoms with Crippen LogP contribution >= 0.6 is 0 Å². The summed E-state index contributed by atoms with van der Waals surface area (Å²) in [5, 5.41) is 6.11. The molecule has 0 amide bonds. The van der Waals surface area contributed by atoms with E-state index in [2.05, 4.69) is 53.3 Å². The molecule has 19 heavy (non-hydrogen) atoms. The van der Waals surface area contributed by atoms with Crippen molar-refractivity contribution in [2.75, 3.05) is 18.0 Å². The zero-order chi connectivity index (χ0) is 13.2. The first kappa shape index (κ1) is 12.4. The van der Waals surface area contributed by atoms with Crippen molar-refractivity contribution in [3.63, 3.8) is 0 Å². The van der Waals surface area contributed by atoms with E-state index in [1.165, 1.54) is 22.9 Å². The van der Waals surface area contributed by atoms with E-state index >= 15 is 0 Å². The van der Waals surface area contributed by atoms with Crippen LogP contribution in [0.25, 0.3) is 10.8 Å². The van der Waals surface area contributed by atoms with Gasteiger partial charge < -0.3 is 10.2 Å². The second kappa shape index (κ2) is 5.17. The van der Waals surface area contributed by atoms with Gasteiger partial charge in [-0.05, 0) is 25.5 Å². The van der Waals surface area contributed by atoms with Crippen molar-refractivity contribution in [2.24, 2.45) is 0 Å². The predicted octanol–water partition coefficient (Wildman–Crippen LogP) is 2.81. The molecule has 2 unspecified atom stereocenters. The van der Waals surface area contributed by atoms with Crippen LogP contribution in [-0.4, -0.2) is 30.2 Å². The maximum absolute atomic E-state index is 4.22. The van der Waals surface area contributed by atoms with Crippen molar-refractivity contribution in [1.82, 2.24) is 10.3 Å². The van der Waals surface area contributed by atoms with Gasteiger partial charge in [-0.25, -0.2) is 0 Å². The minimum absolute atomic E-state index is 0.542. The average molecular weight is 255 g/mol. The summed E-state index contributed by atoms with van der Waals surface area (Å²) in [7, 11) is 0.